The van der Waals surface area contributed by atoms with E-state index in [0.717, 1.165) is 5.56 Å². The fourth-order valence-electron chi connectivity index (χ4n) is 0.924. The highest BCUT2D eigenvalue weighted by atomic mass is 35.5. The van der Waals surface area contributed by atoms with Gasteiger partial charge in [-0.1, -0.05) is 29.8 Å². The van der Waals surface area contributed by atoms with E-state index in [4.69, 9.17) is 11.6 Å². The van der Waals surface area contributed by atoms with Crippen molar-refractivity contribution in [3.8, 4) is 0 Å². The van der Waals surface area contributed by atoms with Gasteiger partial charge >= 0.3 is 6.55 Å². The second kappa shape index (κ2) is 4.87. The molecule has 0 radical (unpaired) electrons. The van der Waals surface area contributed by atoms with Crippen molar-refractivity contribution in [2.24, 2.45) is 0 Å². The highest BCUT2D eigenvalue weighted by molar-refractivity contribution is 8.20. The maximum absolute atomic E-state index is 12.2. The van der Waals surface area contributed by atoms with Gasteiger partial charge in [0.05, 0.1) is 6.26 Å². The molecule has 1 atom stereocenters. The Morgan fingerprint density at radius 2 is 2.00 bits per heavy atom. The highest BCUT2D eigenvalue weighted by Gasteiger charge is 2.37. The van der Waals surface area contributed by atoms with Gasteiger partial charge in [0, 0.05) is 10.6 Å². The van der Waals surface area contributed by atoms with E-state index in [0.29, 0.717) is 10.8 Å². The van der Waals surface area contributed by atoms with Crippen molar-refractivity contribution in [2.45, 2.75) is 5.75 Å². The van der Waals surface area contributed by atoms with Gasteiger partial charge < -0.3 is 0 Å². The quantitative estimate of drug-likeness (QED) is 0.544. The fraction of sp³-hybridized carbons (Fsp3) is 0.250. The van der Waals surface area contributed by atoms with Gasteiger partial charge in [-0.05, 0) is 16.8 Å². The van der Waals surface area contributed by atoms with Crippen LogP contribution in [0.15, 0.2) is 24.3 Å². The lowest BCUT2D eigenvalue weighted by molar-refractivity contribution is 0.698. The third-order valence-corrected chi connectivity index (χ3v) is 3.39. The number of benzene rings is 1. The van der Waals surface area contributed by atoms with Crippen molar-refractivity contribution in [1.82, 2.24) is 0 Å². The van der Waals surface area contributed by atoms with Gasteiger partial charge in [-0.25, -0.2) is 8.63 Å². The summed E-state index contributed by atoms with van der Waals surface area (Å²) < 4.78 is 24.4. The topological polar surface area (TPSA) is 0 Å². The van der Waals surface area contributed by atoms with Gasteiger partial charge in [-0.2, -0.15) is 0 Å². The second-order valence-electron chi connectivity index (χ2n) is 2.69. The molecule has 0 fully saturated rings. The minimum Gasteiger partial charge on any atom is -0.233 e. The van der Waals surface area contributed by atoms with Crippen LogP contribution in [0, 0.1) is 0 Å². The largest absolute Gasteiger partial charge is 0.836 e. The Morgan fingerprint density at radius 3 is 2.54 bits per heavy atom. The highest BCUT2D eigenvalue weighted by Crippen LogP contribution is 2.19. The van der Waals surface area contributed by atoms with Crippen LogP contribution in [0.2, 0.25) is 5.02 Å². The van der Waals surface area contributed by atoms with Crippen LogP contribution in [-0.2, 0) is 16.5 Å². The lowest BCUT2D eigenvalue weighted by Crippen LogP contribution is -2.17. The minimum atomic E-state index is -2.25. The summed E-state index contributed by atoms with van der Waals surface area (Å²) in [5.41, 5.74) is 0.801. The Balaban J connectivity index is 2.69. The predicted octanol–water partition coefficient (Wildman–Crippen LogP) is 3.01. The summed E-state index contributed by atoms with van der Waals surface area (Å²) in [5, 5.41) is 0.572. The van der Waals surface area contributed by atoms with Gasteiger partial charge in [-0.15, -0.1) is 0 Å². The normalized spacial score (nSPS) is 12.6. The number of halogens is 3. The van der Waals surface area contributed by atoms with Crippen LogP contribution in [0.1, 0.15) is 5.56 Å². The van der Waals surface area contributed by atoms with Crippen molar-refractivity contribution in [2.75, 3.05) is 6.26 Å². The summed E-state index contributed by atoms with van der Waals surface area (Å²) in [6, 6.07) is 7.11. The zero-order valence-electron chi connectivity index (χ0n) is 7.14. The Hall–Kier alpha value is -0.215. The molecule has 0 aliphatic heterocycles. The van der Waals surface area contributed by atoms with E-state index in [1.165, 1.54) is 0 Å². The molecular weight excluding hydrogens is 212 g/mol. The molecule has 0 heterocycles. The van der Waals surface area contributed by atoms with E-state index in [2.05, 4.69) is 0 Å². The van der Waals surface area contributed by atoms with Gasteiger partial charge in [0.1, 0.15) is 5.75 Å². The second-order valence-corrected chi connectivity index (χ2v) is 5.12. The maximum Gasteiger partial charge on any atom is 0.836 e. The first kappa shape index (κ1) is 10.9. The van der Waals surface area contributed by atoms with Crippen molar-refractivity contribution >= 4 is 28.9 Å². The standard InChI is InChI=1S/C8H9BClF2S/c1-13(9(11)12)6-7-4-2-3-5-8(7)10/h2-5H,6H2,1H3/q+1. The monoisotopic (exact) mass is 221 g/mol. The molecule has 1 aromatic carbocycles. The van der Waals surface area contributed by atoms with Gasteiger partial charge in [0.25, 0.3) is 0 Å². The van der Waals surface area contributed by atoms with E-state index >= 15 is 0 Å². The van der Waals surface area contributed by atoms with Crippen LogP contribution >= 0.6 is 11.6 Å². The van der Waals surface area contributed by atoms with E-state index in [1.807, 2.05) is 6.07 Å². The molecule has 1 aromatic rings. The lowest BCUT2D eigenvalue weighted by Gasteiger charge is -2.01. The predicted molar refractivity (Wildman–Crippen MR) is 56.4 cm³/mol. The summed E-state index contributed by atoms with van der Waals surface area (Å²) in [5.74, 6) is 0.358. The van der Waals surface area contributed by atoms with Crippen LogP contribution in [-0.4, -0.2) is 12.8 Å². The first-order valence-electron chi connectivity index (χ1n) is 3.74. The number of hydrogen-bond donors (Lipinski definition) is 0. The van der Waals surface area contributed by atoms with E-state index in [1.54, 1.807) is 24.5 Å². The van der Waals surface area contributed by atoms with Crippen LogP contribution in [0.4, 0.5) is 8.63 Å². The number of hydrogen-bond acceptors (Lipinski definition) is 0. The molecule has 70 valence electrons. The molecule has 1 unspecified atom stereocenters. The van der Waals surface area contributed by atoms with E-state index in [-0.39, 0.29) is 0 Å². The summed E-state index contributed by atoms with van der Waals surface area (Å²) in [6.07, 6.45) is 1.55. The summed E-state index contributed by atoms with van der Waals surface area (Å²) in [4.78, 5) is 0. The van der Waals surface area contributed by atoms with Gasteiger partial charge in [0.15, 0.2) is 0 Å². The molecule has 0 spiro atoms. The van der Waals surface area contributed by atoms with Crippen molar-refractivity contribution in [3.63, 3.8) is 0 Å². The molecule has 5 heteroatoms. The van der Waals surface area contributed by atoms with E-state index in [9.17, 15) is 8.63 Å². The molecule has 0 saturated heterocycles. The smallest absolute Gasteiger partial charge is 0.233 e. The lowest BCUT2D eigenvalue weighted by atomic mass is 10.2. The molecule has 1 rings (SSSR count). The molecule has 0 amide bonds. The average molecular weight is 221 g/mol. The SMILES string of the molecule is C[S+](Cc1ccccc1Cl)B(F)F. The van der Waals surface area contributed by atoms with Crippen LogP contribution in [0.25, 0.3) is 0 Å². The third-order valence-electron chi connectivity index (χ3n) is 1.65. The molecule has 0 aromatic heterocycles. The van der Waals surface area contributed by atoms with E-state index < -0.39 is 17.3 Å². The van der Waals surface area contributed by atoms with Crippen molar-refractivity contribution < 1.29 is 8.63 Å². The van der Waals surface area contributed by atoms with Crippen LogP contribution in [0.5, 0.6) is 0 Å². The molecule has 0 aliphatic carbocycles. The molecule has 0 nitrogen and oxygen atoms in total. The maximum atomic E-state index is 12.2. The zero-order chi connectivity index (χ0) is 9.84. The Labute approximate surface area is 84.7 Å². The van der Waals surface area contributed by atoms with Crippen LogP contribution < -0.4 is 0 Å². The van der Waals surface area contributed by atoms with Gasteiger partial charge in [-0.3, -0.25) is 0 Å². The molecular formula is C8H9BClF2S+. The average Bonchev–Trinajstić information content (AvgIpc) is 2.08. The summed E-state index contributed by atoms with van der Waals surface area (Å²) in [7, 11) is -0.901. The fourth-order valence-corrected chi connectivity index (χ4v) is 2.07. The Morgan fingerprint density at radius 1 is 1.38 bits per heavy atom. The van der Waals surface area contributed by atoms with Crippen molar-refractivity contribution in [3.05, 3.63) is 34.9 Å². The van der Waals surface area contributed by atoms with Crippen molar-refractivity contribution in [1.29, 1.82) is 0 Å². The first-order valence-corrected chi connectivity index (χ1v) is 5.98. The summed E-state index contributed by atoms with van der Waals surface area (Å²) >= 11 is 5.83. The molecule has 0 bridgehead atoms. The number of rotatable bonds is 3. The van der Waals surface area contributed by atoms with Gasteiger partial charge in [0.2, 0.25) is 0 Å². The Bertz CT molecular complexity index is 283. The molecule has 0 N–H and O–H groups in total. The third kappa shape index (κ3) is 3.20. The molecule has 0 aliphatic rings. The molecule has 0 saturated carbocycles. The van der Waals surface area contributed by atoms with Crippen LogP contribution in [0.3, 0.4) is 0 Å². The first-order chi connectivity index (χ1) is 6.11. The summed E-state index contributed by atoms with van der Waals surface area (Å²) in [6.45, 7) is -2.25. The minimum absolute atomic E-state index is 0.358. The zero-order valence-corrected chi connectivity index (χ0v) is 8.71. The Kier molecular flexibility index (Phi) is 4.07. The molecule has 13 heavy (non-hydrogen) atoms.